The van der Waals surface area contributed by atoms with E-state index in [-0.39, 0.29) is 11.9 Å². The first-order valence-corrected chi connectivity index (χ1v) is 10.7. The van der Waals surface area contributed by atoms with Gasteiger partial charge in [-0.1, -0.05) is 44.9 Å². The number of hydrogen-bond acceptors (Lipinski definition) is 3. The molecule has 1 N–H and O–H groups in total. The van der Waals surface area contributed by atoms with Gasteiger partial charge in [0.25, 0.3) is 5.91 Å². The van der Waals surface area contributed by atoms with E-state index in [0.29, 0.717) is 0 Å². The van der Waals surface area contributed by atoms with Crippen LogP contribution in [0.1, 0.15) is 49.2 Å². The van der Waals surface area contributed by atoms with Crippen molar-refractivity contribution >= 4 is 17.2 Å². The molecule has 1 amide bonds. The quantitative estimate of drug-likeness (QED) is 0.429. The zero-order valence-electron chi connectivity index (χ0n) is 16.5. The van der Waals surface area contributed by atoms with Crippen LogP contribution in [-0.2, 0) is 0 Å². The molecule has 3 nitrogen and oxygen atoms in total. The van der Waals surface area contributed by atoms with Gasteiger partial charge in [0, 0.05) is 10.9 Å². The Balaban J connectivity index is 1.65. The smallest absolute Gasteiger partial charge is 0.261 e. The maximum absolute atomic E-state index is 12.6. The molecule has 0 aliphatic rings. The van der Waals surface area contributed by atoms with Crippen LogP contribution in [0.2, 0.25) is 0 Å². The van der Waals surface area contributed by atoms with Crippen LogP contribution < -0.4 is 10.1 Å². The summed E-state index contributed by atoms with van der Waals surface area (Å²) >= 11 is 1.53. The first kappa shape index (κ1) is 20.2. The minimum atomic E-state index is 0.0344. The Morgan fingerprint density at radius 3 is 2.18 bits per heavy atom. The Kier molecular flexibility index (Phi) is 7.26. The molecule has 0 saturated heterocycles. The van der Waals surface area contributed by atoms with Crippen molar-refractivity contribution in [1.29, 1.82) is 0 Å². The molecular formula is C24H27NO2S. The third kappa shape index (κ3) is 5.46. The van der Waals surface area contributed by atoms with E-state index in [9.17, 15) is 4.79 Å². The molecule has 0 spiro atoms. The lowest BCUT2D eigenvalue weighted by Crippen LogP contribution is -2.34. The molecular weight excluding hydrogens is 366 g/mol. The molecule has 3 rings (SSSR count). The van der Waals surface area contributed by atoms with Crippen LogP contribution in [0.15, 0.2) is 66.7 Å². The number of thiophene rings is 1. The van der Waals surface area contributed by atoms with Crippen LogP contribution in [0.3, 0.4) is 0 Å². The molecule has 1 aromatic heterocycles. The van der Waals surface area contributed by atoms with Gasteiger partial charge in [0.1, 0.15) is 11.5 Å². The molecule has 28 heavy (non-hydrogen) atoms. The summed E-state index contributed by atoms with van der Waals surface area (Å²) in [7, 11) is 0. The SMILES string of the molecule is CCCC(CCC)NC(=O)c1ccc(-c2ccc(Oc3ccccc3)cc2)s1. The summed E-state index contributed by atoms with van der Waals surface area (Å²) in [6.07, 6.45) is 4.22. The Hall–Kier alpha value is -2.59. The van der Waals surface area contributed by atoms with Gasteiger partial charge in [0.15, 0.2) is 0 Å². The van der Waals surface area contributed by atoms with E-state index in [2.05, 4.69) is 19.2 Å². The van der Waals surface area contributed by atoms with Crippen LogP contribution in [-0.4, -0.2) is 11.9 Å². The molecule has 1 heterocycles. The van der Waals surface area contributed by atoms with E-state index < -0.39 is 0 Å². The van der Waals surface area contributed by atoms with Crippen molar-refractivity contribution < 1.29 is 9.53 Å². The third-order valence-corrected chi connectivity index (χ3v) is 5.69. The Labute approximate surface area is 171 Å². The van der Waals surface area contributed by atoms with Crippen molar-refractivity contribution in [1.82, 2.24) is 5.32 Å². The molecule has 0 atom stereocenters. The largest absolute Gasteiger partial charge is 0.457 e. The lowest BCUT2D eigenvalue weighted by Gasteiger charge is -2.16. The summed E-state index contributed by atoms with van der Waals surface area (Å²) in [5.74, 6) is 1.65. The Morgan fingerprint density at radius 1 is 0.893 bits per heavy atom. The Morgan fingerprint density at radius 2 is 1.54 bits per heavy atom. The van der Waals surface area contributed by atoms with Crippen molar-refractivity contribution in [3.63, 3.8) is 0 Å². The van der Waals surface area contributed by atoms with E-state index in [0.717, 1.165) is 52.5 Å². The molecule has 2 aromatic carbocycles. The standard InChI is InChI=1S/C24H27NO2S/c1-3-8-19(9-4-2)25-24(26)23-17-16-22(28-23)18-12-14-21(15-13-18)27-20-10-6-5-7-11-20/h5-7,10-17,19H,3-4,8-9H2,1-2H3,(H,25,26). The molecule has 0 unspecified atom stereocenters. The fourth-order valence-corrected chi connectivity index (χ4v) is 4.08. The summed E-state index contributed by atoms with van der Waals surface area (Å²) in [5.41, 5.74) is 1.09. The van der Waals surface area contributed by atoms with Gasteiger partial charge >= 0.3 is 0 Å². The van der Waals surface area contributed by atoms with Crippen LogP contribution in [0.25, 0.3) is 10.4 Å². The summed E-state index contributed by atoms with van der Waals surface area (Å²) < 4.78 is 5.84. The van der Waals surface area contributed by atoms with E-state index >= 15 is 0 Å². The number of ether oxygens (including phenoxy) is 1. The zero-order valence-corrected chi connectivity index (χ0v) is 17.3. The van der Waals surface area contributed by atoms with E-state index in [4.69, 9.17) is 4.74 Å². The molecule has 0 saturated carbocycles. The topological polar surface area (TPSA) is 38.3 Å². The van der Waals surface area contributed by atoms with Crippen LogP contribution in [0.5, 0.6) is 11.5 Å². The molecule has 146 valence electrons. The summed E-state index contributed by atoms with van der Waals surface area (Å²) in [5, 5.41) is 3.19. The maximum Gasteiger partial charge on any atom is 0.261 e. The van der Waals surface area contributed by atoms with Crippen LogP contribution >= 0.6 is 11.3 Å². The van der Waals surface area contributed by atoms with Gasteiger partial charge in [-0.05, 0) is 66.9 Å². The summed E-state index contributed by atoms with van der Waals surface area (Å²) in [6, 6.07) is 21.9. The van der Waals surface area contributed by atoms with E-state index in [1.807, 2.05) is 66.7 Å². The predicted octanol–water partition coefficient (Wildman–Crippen LogP) is 6.91. The molecule has 3 aromatic rings. The van der Waals surface area contributed by atoms with Gasteiger partial charge in [-0.25, -0.2) is 0 Å². The molecule has 0 fully saturated rings. The van der Waals surface area contributed by atoms with Crippen molar-refractivity contribution in [2.24, 2.45) is 0 Å². The average molecular weight is 394 g/mol. The average Bonchev–Trinajstić information content (AvgIpc) is 3.20. The van der Waals surface area contributed by atoms with Crippen molar-refractivity contribution in [2.45, 2.75) is 45.6 Å². The molecule has 0 bridgehead atoms. The molecule has 0 aliphatic carbocycles. The second-order valence-corrected chi connectivity index (χ2v) is 7.93. The highest BCUT2D eigenvalue weighted by Crippen LogP contribution is 2.30. The molecule has 0 radical (unpaired) electrons. The molecule has 4 heteroatoms. The first-order valence-electron chi connectivity index (χ1n) is 9.93. The lowest BCUT2D eigenvalue weighted by molar-refractivity contribution is 0.0936. The predicted molar refractivity (Wildman–Crippen MR) is 117 cm³/mol. The minimum Gasteiger partial charge on any atom is -0.457 e. The normalized spacial score (nSPS) is 10.8. The highest BCUT2D eigenvalue weighted by atomic mass is 32.1. The number of amides is 1. The monoisotopic (exact) mass is 393 g/mol. The van der Waals surface area contributed by atoms with Crippen molar-refractivity contribution in [2.75, 3.05) is 0 Å². The zero-order chi connectivity index (χ0) is 19.8. The number of carbonyl (C=O) groups is 1. The summed E-state index contributed by atoms with van der Waals surface area (Å²) in [4.78, 5) is 14.4. The van der Waals surface area contributed by atoms with Crippen LogP contribution in [0.4, 0.5) is 0 Å². The number of rotatable bonds is 9. The Bertz CT molecular complexity index is 865. The number of benzene rings is 2. The van der Waals surface area contributed by atoms with Gasteiger partial charge < -0.3 is 10.1 Å². The molecule has 0 aliphatic heterocycles. The lowest BCUT2D eigenvalue weighted by atomic mass is 10.1. The van der Waals surface area contributed by atoms with Crippen LogP contribution in [0, 0.1) is 0 Å². The second kappa shape index (κ2) is 10.1. The fraction of sp³-hybridized carbons (Fsp3) is 0.292. The minimum absolute atomic E-state index is 0.0344. The van der Waals surface area contributed by atoms with Gasteiger partial charge in [-0.15, -0.1) is 11.3 Å². The number of carbonyl (C=O) groups excluding carboxylic acids is 1. The third-order valence-electron chi connectivity index (χ3n) is 4.56. The first-order chi connectivity index (χ1) is 13.7. The highest BCUT2D eigenvalue weighted by Gasteiger charge is 2.15. The van der Waals surface area contributed by atoms with E-state index in [1.54, 1.807) is 0 Å². The van der Waals surface area contributed by atoms with Gasteiger partial charge in [-0.3, -0.25) is 4.79 Å². The second-order valence-electron chi connectivity index (χ2n) is 6.85. The van der Waals surface area contributed by atoms with Gasteiger partial charge in [0.05, 0.1) is 4.88 Å². The highest BCUT2D eigenvalue weighted by molar-refractivity contribution is 7.17. The van der Waals surface area contributed by atoms with Gasteiger partial charge in [0.2, 0.25) is 0 Å². The van der Waals surface area contributed by atoms with Gasteiger partial charge in [-0.2, -0.15) is 0 Å². The van der Waals surface area contributed by atoms with Crippen molar-refractivity contribution in [3.05, 3.63) is 71.6 Å². The van der Waals surface area contributed by atoms with E-state index in [1.165, 1.54) is 11.3 Å². The number of nitrogens with one attached hydrogen (secondary N) is 1. The van der Waals surface area contributed by atoms with Crippen molar-refractivity contribution in [3.8, 4) is 21.9 Å². The maximum atomic E-state index is 12.6. The number of hydrogen-bond donors (Lipinski definition) is 1. The fourth-order valence-electron chi connectivity index (χ4n) is 3.17. The number of para-hydroxylation sites is 1. The summed E-state index contributed by atoms with van der Waals surface area (Å²) in [6.45, 7) is 4.31.